The standard InChI is InChI=1S/C25H31N7/c1-15-19(13-26)8-7-9-21(15)16(2)28-25-22-12-23(32(6)20-10-11-31(5)14-20)27-17(3)24(22)18(4)29-30-25/h7-9,12,16,20H,10-11,14H2,1-6H3,(H,28,30)/t16-,20+/m1/s1. The Hall–Kier alpha value is -3.24. The molecule has 2 aromatic heterocycles. The summed E-state index contributed by atoms with van der Waals surface area (Å²) in [4.78, 5) is 9.57. The molecule has 0 unspecified atom stereocenters. The van der Waals surface area contributed by atoms with Gasteiger partial charge in [-0.3, -0.25) is 0 Å². The molecule has 1 N–H and O–H groups in total. The molecule has 1 saturated heterocycles. The zero-order valence-electron chi connectivity index (χ0n) is 19.8. The van der Waals surface area contributed by atoms with Crippen LogP contribution in [-0.2, 0) is 0 Å². The van der Waals surface area contributed by atoms with Gasteiger partial charge in [0.1, 0.15) is 5.82 Å². The van der Waals surface area contributed by atoms with E-state index >= 15 is 0 Å². The number of likely N-dealkylation sites (tertiary alicyclic amines) is 1. The Bertz CT molecular complexity index is 1200. The fraction of sp³-hybridized carbons (Fsp3) is 0.440. The van der Waals surface area contributed by atoms with Gasteiger partial charge in [0.2, 0.25) is 0 Å². The number of likely N-dealkylation sites (N-methyl/N-ethyl adjacent to an activating group) is 2. The number of benzene rings is 1. The van der Waals surface area contributed by atoms with E-state index in [4.69, 9.17) is 4.98 Å². The van der Waals surface area contributed by atoms with E-state index < -0.39 is 0 Å². The minimum absolute atomic E-state index is 0.0263. The zero-order chi connectivity index (χ0) is 23.0. The quantitative estimate of drug-likeness (QED) is 0.653. The van der Waals surface area contributed by atoms with Crippen LogP contribution in [0.4, 0.5) is 11.6 Å². The third-order valence-corrected chi connectivity index (χ3v) is 6.70. The molecule has 7 heteroatoms. The number of aromatic nitrogens is 3. The van der Waals surface area contributed by atoms with Crippen molar-refractivity contribution in [3.63, 3.8) is 0 Å². The molecular formula is C25H31N7. The van der Waals surface area contributed by atoms with Crippen molar-refractivity contribution in [3.8, 4) is 6.07 Å². The van der Waals surface area contributed by atoms with Crippen LogP contribution in [0.2, 0.25) is 0 Å². The first-order valence-electron chi connectivity index (χ1n) is 11.1. The first-order chi connectivity index (χ1) is 15.3. The van der Waals surface area contributed by atoms with Gasteiger partial charge in [0.25, 0.3) is 0 Å². The number of rotatable bonds is 5. The molecule has 0 spiro atoms. The van der Waals surface area contributed by atoms with E-state index in [1.807, 2.05) is 32.9 Å². The van der Waals surface area contributed by atoms with Gasteiger partial charge in [0.15, 0.2) is 5.82 Å². The Labute approximate surface area is 190 Å². The number of nitriles is 1. The molecule has 32 heavy (non-hydrogen) atoms. The molecule has 0 bridgehead atoms. The molecule has 166 valence electrons. The molecule has 7 nitrogen and oxygen atoms in total. The smallest absolute Gasteiger partial charge is 0.157 e. The number of hydrogen-bond donors (Lipinski definition) is 1. The number of fused-ring (bicyclic) bond motifs is 1. The van der Waals surface area contributed by atoms with E-state index in [-0.39, 0.29) is 6.04 Å². The van der Waals surface area contributed by atoms with Crippen LogP contribution in [0.15, 0.2) is 24.3 Å². The highest BCUT2D eigenvalue weighted by Crippen LogP contribution is 2.32. The highest BCUT2D eigenvalue weighted by molar-refractivity contribution is 5.96. The maximum atomic E-state index is 9.40. The van der Waals surface area contributed by atoms with Crippen LogP contribution < -0.4 is 10.2 Å². The average molecular weight is 430 g/mol. The van der Waals surface area contributed by atoms with Crippen LogP contribution in [0.3, 0.4) is 0 Å². The summed E-state index contributed by atoms with van der Waals surface area (Å²) >= 11 is 0. The van der Waals surface area contributed by atoms with E-state index in [1.165, 1.54) is 0 Å². The van der Waals surface area contributed by atoms with Crippen molar-refractivity contribution in [1.82, 2.24) is 20.1 Å². The summed E-state index contributed by atoms with van der Waals surface area (Å²) in [6.45, 7) is 10.3. The monoisotopic (exact) mass is 429 g/mol. The lowest BCUT2D eigenvalue weighted by Gasteiger charge is -2.27. The molecule has 0 aliphatic carbocycles. The van der Waals surface area contributed by atoms with Crippen LogP contribution in [0.1, 0.15) is 47.5 Å². The summed E-state index contributed by atoms with van der Waals surface area (Å²) < 4.78 is 0. The van der Waals surface area contributed by atoms with E-state index in [0.717, 1.165) is 64.4 Å². The lowest BCUT2D eigenvalue weighted by molar-refractivity contribution is 0.409. The van der Waals surface area contributed by atoms with Gasteiger partial charge in [0.05, 0.1) is 23.4 Å². The van der Waals surface area contributed by atoms with Crippen molar-refractivity contribution in [2.75, 3.05) is 37.4 Å². The van der Waals surface area contributed by atoms with Gasteiger partial charge in [-0.25, -0.2) is 4.98 Å². The molecule has 3 heterocycles. The number of hydrogen-bond acceptors (Lipinski definition) is 7. The van der Waals surface area contributed by atoms with Crippen LogP contribution in [0, 0.1) is 32.1 Å². The van der Waals surface area contributed by atoms with Crippen LogP contribution in [0.25, 0.3) is 10.8 Å². The van der Waals surface area contributed by atoms with Crippen LogP contribution in [-0.4, -0.2) is 53.3 Å². The summed E-state index contributed by atoms with van der Waals surface area (Å²) in [5.41, 5.74) is 4.60. The summed E-state index contributed by atoms with van der Waals surface area (Å²) in [6, 6.07) is 10.7. The fourth-order valence-electron chi connectivity index (χ4n) is 4.76. The summed E-state index contributed by atoms with van der Waals surface area (Å²) in [5.74, 6) is 1.70. The van der Waals surface area contributed by atoms with Gasteiger partial charge >= 0.3 is 0 Å². The maximum Gasteiger partial charge on any atom is 0.157 e. The number of aryl methyl sites for hydroxylation is 2. The molecule has 1 aliphatic heterocycles. The largest absolute Gasteiger partial charge is 0.362 e. The van der Waals surface area contributed by atoms with Gasteiger partial charge in [-0.1, -0.05) is 12.1 Å². The topological polar surface area (TPSA) is 81.0 Å². The Kier molecular flexibility index (Phi) is 5.98. The zero-order valence-corrected chi connectivity index (χ0v) is 19.8. The van der Waals surface area contributed by atoms with E-state index in [0.29, 0.717) is 11.6 Å². The molecule has 3 aromatic rings. The number of pyridine rings is 1. The normalized spacial score (nSPS) is 17.3. The second kappa shape index (κ2) is 8.71. The first kappa shape index (κ1) is 22.0. The molecule has 0 saturated carbocycles. The van der Waals surface area contributed by atoms with Crippen molar-refractivity contribution in [2.45, 2.75) is 46.2 Å². The van der Waals surface area contributed by atoms with Gasteiger partial charge in [-0.15, -0.1) is 5.10 Å². The van der Waals surface area contributed by atoms with Crippen molar-refractivity contribution in [1.29, 1.82) is 5.26 Å². The Morgan fingerprint density at radius 1 is 1.22 bits per heavy atom. The summed E-state index contributed by atoms with van der Waals surface area (Å²) in [6.07, 6.45) is 1.13. The molecule has 1 aliphatic rings. The Morgan fingerprint density at radius 3 is 2.69 bits per heavy atom. The van der Waals surface area contributed by atoms with Gasteiger partial charge in [0, 0.05) is 36.1 Å². The van der Waals surface area contributed by atoms with Crippen molar-refractivity contribution >= 4 is 22.4 Å². The maximum absolute atomic E-state index is 9.40. The fourth-order valence-corrected chi connectivity index (χ4v) is 4.76. The predicted molar refractivity (Wildman–Crippen MR) is 129 cm³/mol. The molecule has 0 radical (unpaired) electrons. The van der Waals surface area contributed by atoms with Crippen LogP contribution in [0.5, 0.6) is 0 Å². The summed E-state index contributed by atoms with van der Waals surface area (Å²) in [7, 11) is 4.30. The second-order valence-electron chi connectivity index (χ2n) is 8.94. The van der Waals surface area contributed by atoms with Crippen LogP contribution >= 0.6 is 0 Å². The average Bonchev–Trinajstić information content (AvgIpc) is 3.21. The molecule has 0 amide bonds. The number of anilines is 2. The highest BCUT2D eigenvalue weighted by Gasteiger charge is 2.25. The predicted octanol–water partition coefficient (Wildman–Crippen LogP) is 4.14. The van der Waals surface area contributed by atoms with E-state index in [2.05, 4.69) is 64.5 Å². The SMILES string of the molecule is Cc1c(C#N)cccc1[C@@H](C)Nc1nnc(C)c2c(C)nc(N(C)[C@H]3CCN(C)C3)cc12. The third kappa shape index (κ3) is 3.98. The Balaban J connectivity index is 1.74. The Morgan fingerprint density at radius 2 is 2.00 bits per heavy atom. The minimum Gasteiger partial charge on any atom is -0.362 e. The second-order valence-corrected chi connectivity index (χ2v) is 8.94. The minimum atomic E-state index is -0.0263. The van der Waals surface area contributed by atoms with Gasteiger partial charge < -0.3 is 15.1 Å². The lowest BCUT2D eigenvalue weighted by Crippen LogP contribution is -2.34. The summed E-state index contributed by atoms with van der Waals surface area (Å²) in [5, 5.41) is 23.9. The molecular weight excluding hydrogens is 398 g/mol. The van der Waals surface area contributed by atoms with Crippen molar-refractivity contribution in [2.24, 2.45) is 0 Å². The molecule has 1 aromatic carbocycles. The third-order valence-electron chi connectivity index (χ3n) is 6.70. The van der Waals surface area contributed by atoms with E-state index in [9.17, 15) is 5.26 Å². The van der Waals surface area contributed by atoms with Gasteiger partial charge in [-0.2, -0.15) is 10.4 Å². The lowest BCUT2D eigenvalue weighted by atomic mass is 9.98. The molecule has 4 rings (SSSR count). The van der Waals surface area contributed by atoms with Gasteiger partial charge in [-0.05, 0) is 71.0 Å². The van der Waals surface area contributed by atoms with Crippen molar-refractivity contribution < 1.29 is 0 Å². The number of nitrogens with zero attached hydrogens (tertiary/aromatic N) is 6. The first-order valence-corrected chi connectivity index (χ1v) is 11.1. The molecule has 1 fully saturated rings. The highest BCUT2D eigenvalue weighted by atomic mass is 15.3. The van der Waals surface area contributed by atoms with E-state index in [1.54, 1.807) is 0 Å². The number of nitrogens with one attached hydrogen (secondary N) is 1. The molecule has 2 atom stereocenters. The van der Waals surface area contributed by atoms with Crippen molar-refractivity contribution in [3.05, 3.63) is 52.3 Å².